The normalized spacial score (nSPS) is 17.6. The third-order valence-electron chi connectivity index (χ3n) is 7.90. The number of fused-ring (bicyclic) bond motifs is 2. The molecule has 0 spiro atoms. The van der Waals surface area contributed by atoms with Gasteiger partial charge in [0, 0.05) is 25.2 Å². The van der Waals surface area contributed by atoms with Crippen LogP contribution in [0.15, 0.2) is 74.9 Å². The first-order valence-corrected chi connectivity index (χ1v) is 15.5. The van der Waals surface area contributed by atoms with E-state index in [-0.39, 0.29) is 23.1 Å². The quantitative estimate of drug-likeness (QED) is 0.227. The molecule has 0 fully saturated rings. The van der Waals surface area contributed by atoms with Crippen LogP contribution in [0.25, 0.3) is 5.69 Å². The number of nitrogens with two attached hydrogens (primary N) is 1. The summed E-state index contributed by atoms with van der Waals surface area (Å²) in [4.78, 5) is 13.7. The lowest BCUT2D eigenvalue weighted by Crippen LogP contribution is -2.52. The molecule has 6 rings (SSSR count). The lowest BCUT2D eigenvalue weighted by molar-refractivity contribution is -0.0226. The number of anilines is 2. The van der Waals surface area contributed by atoms with Crippen LogP contribution in [-0.4, -0.2) is 43.3 Å². The number of ether oxygens (including phenoxy) is 2. The van der Waals surface area contributed by atoms with E-state index in [2.05, 4.69) is 15.3 Å². The zero-order valence-electron chi connectivity index (χ0n) is 25.2. The van der Waals surface area contributed by atoms with Gasteiger partial charge in [0.15, 0.2) is 10.8 Å². The maximum absolute atomic E-state index is 13.7. The molecule has 1 unspecified atom stereocenters. The molecule has 12 nitrogen and oxygen atoms in total. The van der Waals surface area contributed by atoms with E-state index < -0.39 is 17.9 Å². The van der Waals surface area contributed by atoms with Crippen molar-refractivity contribution in [2.24, 2.45) is 10.2 Å². The van der Waals surface area contributed by atoms with Gasteiger partial charge in [-0.25, -0.2) is 0 Å². The summed E-state index contributed by atoms with van der Waals surface area (Å²) in [7, 11) is 1.91. The number of hydrogen-bond donors (Lipinski definition) is 1. The van der Waals surface area contributed by atoms with Crippen molar-refractivity contribution < 1.29 is 9.47 Å². The van der Waals surface area contributed by atoms with Crippen molar-refractivity contribution in [2.75, 3.05) is 17.8 Å². The SMILES string of the molecule is CCn1c2c(c(=O)n(CC)c1=S)N=NC1=C(C)N(C)N(c3ccccc3)[C@H]1C(Oc1c(N)c(C)nn1-c1cc(Cl)ccc1Cl)O2. The Balaban J connectivity index is 1.61. The van der Waals surface area contributed by atoms with Gasteiger partial charge in [-0.15, -0.1) is 5.11 Å². The van der Waals surface area contributed by atoms with Gasteiger partial charge in [0.2, 0.25) is 17.4 Å². The number of allylic oxidation sites excluding steroid dienone is 1. The zero-order chi connectivity index (χ0) is 32.2. The number of hydrogen-bond acceptors (Lipinski definition) is 10. The van der Waals surface area contributed by atoms with Crippen molar-refractivity contribution in [3.8, 4) is 17.4 Å². The lowest BCUT2D eigenvalue weighted by Gasteiger charge is -2.38. The topological polar surface area (TPSA) is 120 Å². The molecular weight excluding hydrogens is 637 g/mol. The summed E-state index contributed by atoms with van der Waals surface area (Å²) in [6.45, 7) is 8.18. The van der Waals surface area contributed by atoms with Gasteiger partial charge in [-0.2, -0.15) is 14.9 Å². The lowest BCUT2D eigenvalue weighted by atomic mass is 10.1. The number of hydrazine groups is 1. The Hall–Kier alpha value is -4.33. The highest BCUT2D eigenvalue weighted by molar-refractivity contribution is 7.71. The molecule has 0 saturated heterocycles. The molecule has 0 bridgehead atoms. The second-order valence-corrected chi connectivity index (χ2v) is 11.7. The molecule has 2 N–H and O–H groups in total. The van der Waals surface area contributed by atoms with Crippen LogP contribution in [0.4, 0.5) is 17.1 Å². The fourth-order valence-electron chi connectivity index (χ4n) is 5.48. The Kier molecular flexibility index (Phi) is 8.10. The first-order valence-electron chi connectivity index (χ1n) is 14.3. The second-order valence-electron chi connectivity index (χ2n) is 10.5. The Labute approximate surface area is 274 Å². The number of aromatic nitrogens is 4. The van der Waals surface area contributed by atoms with Crippen molar-refractivity contribution in [2.45, 2.75) is 53.1 Å². The van der Waals surface area contributed by atoms with E-state index in [0.717, 1.165) is 11.4 Å². The van der Waals surface area contributed by atoms with Gasteiger partial charge in [0.25, 0.3) is 11.8 Å². The molecule has 2 aromatic carbocycles. The summed E-state index contributed by atoms with van der Waals surface area (Å²) >= 11 is 18.7. The fraction of sp³-hybridized carbons (Fsp3) is 0.300. The maximum atomic E-state index is 13.7. The largest absolute Gasteiger partial charge is 0.434 e. The Morgan fingerprint density at radius 1 is 1.04 bits per heavy atom. The highest BCUT2D eigenvalue weighted by Crippen LogP contribution is 2.42. The standard InChI is InChI=1S/C30H31Cl2N9O3S/c1-6-38-26(42)24-28(39(7-2)30(38)45)44-29(25-23(34-35-24)17(4)37(5)41(25)19-11-9-8-10-12-19)43-27-22(33)16(3)36-40(27)21-15-18(31)13-14-20(21)32/h8-15,25,29H,6-7,33H2,1-5H3/t25-,29?/m1/s1. The van der Waals surface area contributed by atoms with Crippen LogP contribution in [0.2, 0.25) is 10.0 Å². The highest BCUT2D eigenvalue weighted by Gasteiger charge is 2.46. The summed E-state index contributed by atoms with van der Waals surface area (Å²) < 4.78 is 18.5. The molecule has 4 heterocycles. The molecule has 0 aliphatic carbocycles. The smallest absolute Gasteiger partial charge is 0.286 e. The van der Waals surface area contributed by atoms with Crippen molar-refractivity contribution in [3.63, 3.8) is 0 Å². The summed E-state index contributed by atoms with van der Waals surface area (Å²) in [5.74, 6) is 0.302. The first kappa shape index (κ1) is 30.7. The van der Waals surface area contributed by atoms with Crippen LogP contribution in [0, 0.1) is 11.7 Å². The molecule has 2 aromatic heterocycles. The zero-order valence-corrected chi connectivity index (χ0v) is 27.6. The third-order valence-corrected chi connectivity index (χ3v) is 8.90. The predicted octanol–water partition coefficient (Wildman–Crippen LogP) is 6.65. The molecule has 2 aliphatic heterocycles. The van der Waals surface area contributed by atoms with Crippen LogP contribution in [0.1, 0.15) is 26.5 Å². The van der Waals surface area contributed by atoms with E-state index in [1.807, 2.05) is 68.2 Å². The number of nitrogens with zero attached hydrogens (tertiary/aromatic N) is 8. The van der Waals surface area contributed by atoms with Crippen LogP contribution < -0.4 is 25.8 Å². The summed E-state index contributed by atoms with van der Waals surface area (Å²) in [5, 5.41) is 18.5. The van der Waals surface area contributed by atoms with Gasteiger partial charge in [-0.3, -0.25) is 23.9 Å². The number of azo groups is 1. The number of halogens is 2. The monoisotopic (exact) mass is 667 g/mol. The van der Waals surface area contributed by atoms with E-state index in [9.17, 15) is 4.79 Å². The molecular formula is C30H31Cl2N9O3S. The molecule has 0 radical (unpaired) electrons. The van der Waals surface area contributed by atoms with Gasteiger partial charge in [-0.05, 0) is 70.2 Å². The summed E-state index contributed by atoms with van der Waals surface area (Å²) in [6, 6.07) is 14.1. The minimum absolute atomic E-state index is 0.0102. The van der Waals surface area contributed by atoms with E-state index in [0.29, 0.717) is 45.0 Å². The van der Waals surface area contributed by atoms with Crippen LogP contribution >= 0.6 is 35.4 Å². The highest BCUT2D eigenvalue weighted by atomic mass is 35.5. The first-order chi connectivity index (χ1) is 21.6. The summed E-state index contributed by atoms with van der Waals surface area (Å²) in [5.41, 5.74) is 9.58. The van der Waals surface area contributed by atoms with E-state index in [4.69, 9.17) is 50.6 Å². The third kappa shape index (κ3) is 5.04. The Bertz CT molecular complexity index is 1990. The van der Waals surface area contributed by atoms with Crippen molar-refractivity contribution >= 4 is 52.5 Å². The van der Waals surface area contributed by atoms with E-state index in [1.165, 1.54) is 9.25 Å². The average Bonchev–Trinajstić information content (AvgIpc) is 3.43. The van der Waals surface area contributed by atoms with Gasteiger partial charge in [0.05, 0.1) is 27.8 Å². The van der Waals surface area contributed by atoms with Crippen LogP contribution in [0.3, 0.4) is 0 Å². The predicted molar refractivity (Wildman–Crippen MR) is 176 cm³/mol. The Morgan fingerprint density at radius 2 is 1.76 bits per heavy atom. The van der Waals surface area contributed by atoms with Gasteiger partial charge in [-0.1, -0.05) is 41.4 Å². The van der Waals surface area contributed by atoms with Crippen molar-refractivity contribution in [1.29, 1.82) is 0 Å². The molecule has 2 aliphatic rings. The molecule has 0 amide bonds. The minimum atomic E-state index is -1.16. The van der Waals surface area contributed by atoms with Gasteiger partial charge in [0.1, 0.15) is 11.4 Å². The number of nitrogen functional groups attached to an aromatic ring is 1. The molecule has 234 valence electrons. The number of para-hydroxylation sites is 1. The molecule has 0 saturated carbocycles. The molecule has 45 heavy (non-hydrogen) atoms. The van der Waals surface area contributed by atoms with Gasteiger partial charge < -0.3 is 15.2 Å². The van der Waals surface area contributed by atoms with Gasteiger partial charge >= 0.3 is 0 Å². The van der Waals surface area contributed by atoms with Crippen LogP contribution in [0.5, 0.6) is 11.8 Å². The van der Waals surface area contributed by atoms with Crippen molar-refractivity contribution in [1.82, 2.24) is 23.9 Å². The van der Waals surface area contributed by atoms with E-state index in [1.54, 1.807) is 29.7 Å². The van der Waals surface area contributed by atoms with Crippen LogP contribution in [-0.2, 0) is 13.1 Å². The number of benzene rings is 2. The minimum Gasteiger partial charge on any atom is -0.434 e. The van der Waals surface area contributed by atoms with Crippen molar-refractivity contribution in [3.05, 3.63) is 90.8 Å². The number of rotatable bonds is 6. The molecule has 2 atom stereocenters. The maximum Gasteiger partial charge on any atom is 0.286 e. The Morgan fingerprint density at radius 3 is 2.44 bits per heavy atom. The average molecular weight is 669 g/mol. The molecule has 4 aromatic rings. The molecule has 15 heteroatoms. The fourth-order valence-corrected chi connectivity index (χ4v) is 6.27. The second kappa shape index (κ2) is 11.9. The number of aryl methyl sites for hydroxylation is 1. The van der Waals surface area contributed by atoms with E-state index >= 15 is 0 Å². The summed E-state index contributed by atoms with van der Waals surface area (Å²) in [6.07, 6.45) is -1.16.